The van der Waals surface area contributed by atoms with E-state index < -0.39 is 0 Å². The summed E-state index contributed by atoms with van der Waals surface area (Å²) in [6, 6.07) is 3.99. The fraction of sp³-hybridized carbons (Fsp3) is 0.353. The van der Waals surface area contributed by atoms with Gasteiger partial charge in [-0.3, -0.25) is 4.98 Å². The van der Waals surface area contributed by atoms with E-state index in [4.69, 9.17) is 9.72 Å². The maximum atomic E-state index is 5.48. The van der Waals surface area contributed by atoms with Gasteiger partial charge in [0, 0.05) is 61.2 Å². The number of nitrogens with zero attached hydrogens (tertiary/aromatic N) is 4. The minimum absolute atomic E-state index is 0.436. The van der Waals surface area contributed by atoms with Crippen LogP contribution >= 0.6 is 11.3 Å². The molecule has 1 aliphatic heterocycles. The van der Waals surface area contributed by atoms with Gasteiger partial charge in [-0.2, -0.15) is 0 Å². The van der Waals surface area contributed by atoms with Gasteiger partial charge in [-0.05, 0) is 18.6 Å². The van der Waals surface area contributed by atoms with Crippen LogP contribution in [-0.2, 0) is 17.7 Å². The third-order valence-electron chi connectivity index (χ3n) is 4.11. The Morgan fingerprint density at radius 2 is 2.35 bits per heavy atom. The second-order valence-electron chi connectivity index (χ2n) is 5.68. The van der Waals surface area contributed by atoms with Crippen LogP contribution in [0.1, 0.15) is 23.9 Å². The van der Waals surface area contributed by atoms with E-state index in [1.807, 2.05) is 24.5 Å². The highest BCUT2D eigenvalue weighted by Crippen LogP contribution is 2.25. The lowest BCUT2D eigenvalue weighted by Crippen LogP contribution is -2.10. The molecular formula is C17H18N4OS. The maximum Gasteiger partial charge on any atom is 0.125 e. The zero-order valence-corrected chi connectivity index (χ0v) is 13.6. The van der Waals surface area contributed by atoms with Crippen LogP contribution in [0.3, 0.4) is 0 Å². The van der Waals surface area contributed by atoms with Crippen LogP contribution in [-0.4, -0.2) is 32.7 Å². The van der Waals surface area contributed by atoms with Crippen LogP contribution in [0.5, 0.6) is 0 Å². The average molecular weight is 326 g/mol. The van der Waals surface area contributed by atoms with Gasteiger partial charge >= 0.3 is 0 Å². The van der Waals surface area contributed by atoms with E-state index in [0.29, 0.717) is 5.92 Å². The SMILES string of the molecule is c1cncc(-c2nc(CCn3ccnc3[C@@H]3CCOC3)cs2)c1. The monoisotopic (exact) mass is 326 g/mol. The van der Waals surface area contributed by atoms with Crippen molar-refractivity contribution >= 4 is 11.3 Å². The van der Waals surface area contributed by atoms with Crippen molar-refractivity contribution in [1.29, 1.82) is 0 Å². The van der Waals surface area contributed by atoms with Crippen LogP contribution in [0.25, 0.3) is 10.6 Å². The molecule has 1 aliphatic rings. The number of ether oxygens (including phenoxy) is 1. The Balaban J connectivity index is 1.44. The van der Waals surface area contributed by atoms with Crippen LogP contribution in [0.4, 0.5) is 0 Å². The lowest BCUT2D eigenvalue weighted by molar-refractivity contribution is 0.192. The molecule has 0 spiro atoms. The molecule has 5 nitrogen and oxygen atoms in total. The molecule has 23 heavy (non-hydrogen) atoms. The number of pyridine rings is 1. The molecule has 0 unspecified atom stereocenters. The largest absolute Gasteiger partial charge is 0.381 e. The van der Waals surface area contributed by atoms with E-state index in [-0.39, 0.29) is 0 Å². The predicted molar refractivity (Wildman–Crippen MR) is 89.5 cm³/mol. The minimum atomic E-state index is 0.436. The van der Waals surface area contributed by atoms with Crippen LogP contribution in [0, 0.1) is 0 Å². The summed E-state index contributed by atoms with van der Waals surface area (Å²) >= 11 is 1.67. The Hall–Kier alpha value is -2.05. The first kappa shape index (κ1) is 14.5. The number of thiazole rings is 1. The van der Waals surface area contributed by atoms with Crippen LogP contribution in [0.15, 0.2) is 42.3 Å². The normalized spacial score (nSPS) is 17.7. The van der Waals surface area contributed by atoms with Crippen molar-refractivity contribution in [2.75, 3.05) is 13.2 Å². The van der Waals surface area contributed by atoms with E-state index in [9.17, 15) is 0 Å². The van der Waals surface area contributed by atoms with Gasteiger partial charge in [0.15, 0.2) is 0 Å². The summed E-state index contributed by atoms with van der Waals surface area (Å²) in [5.74, 6) is 1.58. The number of aryl methyl sites for hydroxylation is 2. The fourth-order valence-electron chi connectivity index (χ4n) is 2.89. The molecule has 0 saturated carbocycles. The first-order chi connectivity index (χ1) is 11.4. The van der Waals surface area contributed by atoms with Gasteiger partial charge in [0.05, 0.1) is 12.3 Å². The third kappa shape index (κ3) is 3.18. The van der Waals surface area contributed by atoms with Gasteiger partial charge in [-0.1, -0.05) is 0 Å². The number of aromatic nitrogens is 4. The third-order valence-corrected chi connectivity index (χ3v) is 5.05. The summed E-state index contributed by atoms with van der Waals surface area (Å²) in [6.07, 6.45) is 9.56. The average Bonchev–Trinajstić information content (AvgIpc) is 3.33. The molecule has 4 heterocycles. The zero-order chi connectivity index (χ0) is 15.5. The van der Waals surface area contributed by atoms with Crippen molar-refractivity contribution in [1.82, 2.24) is 19.5 Å². The molecule has 4 rings (SSSR count). The smallest absolute Gasteiger partial charge is 0.125 e. The summed E-state index contributed by atoms with van der Waals surface area (Å²) in [5.41, 5.74) is 2.20. The van der Waals surface area contributed by atoms with Gasteiger partial charge in [0.2, 0.25) is 0 Å². The summed E-state index contributed by atoms with van der Waals surface area (Å²) in [6.45, 7) is 2.54. The van der Waals surface area contributed by atoms with Gasteiger partial charge in [0.1, 0.15) is 10.8 Å². The van der Waals surface area contributed by atoms with Crippen molar-refractivity contribution in [3.63, 3.8) is 0 Å². The van der Waals surface area contributed by atoms with Gasteiger partial charge in [0.25, 0.3) is 0 Å². The van der Waals surface area contributed by atoms with Gasteiger partial charge in [-0.15, -0.1) is 11.3 Å². The molecule has 0 aromatic carbocycles. The van der Waals surface area contributed by atoms with Crippen molar-refractivity contribution in [2.24, 2.45) is 0 Å². The van der Waals surface area contributed by atoms with E-state index in [2.05, 4.69) is 26.1 Å². The fourth-order valence-corrected chi connectivity index (χ4v) is 3.73. The van der Waals surface area contributed by atoms with E-state index in [1.165, 1.54) is 0 Å². The number of hydrogen-bond acceptors (Lipinski definition) is 5. The molecular weight excluding hydrogens is 308 g/mol. The van der Waals surface area contributed by atoms with E-state index in [1.54, 1.807) is 17.5 Å². The molecule has 1 atom stereocenters. The molecule has 0 bridgehead atoms. The van der Waals surface area contributed by atoms with Crippen LogP contribution in [0.2, 0.25) is 0 Å². The maximum absolute atomic E-state index is 5.48. The highest BCUT2D eigenvalue weighted by atomic mass is 32.1. The van der Waals surface area contributed by atoms with Crippen molar-refractivity contribution in [2.45, 2.75) is 25.3 Å². The molecule has 1 fully saturated rings. The van der Waals surface area contributed by atoms with Crippen molar-refractivity contribution in [3.8, 4) is 10.6 Å². The highest BCUT2D eigenvalue weighted by molar-refractivity contribution is 7.13. The number of imidazole rings is 1. The van der Waals surface area contributed by atoms with E-state index >= 15 is 0 Å². The Morgan fingerprint density at radius 3 is 3.17 bits per heavy atom. The molecule has 118 valence electrons. The minimum Gasteiger partial charge on any atom is -0.381 e. The van der Waals surface area contributed by atoms with E-state index in [0.717, 1.165) is 54.7 Å². The Bertz CT molecular complexity index is 762. The van der Waals surface area contributed by atoms with Crippen LogP contribution < -0.4 is 0 Å². The highest BCUT2D eigenvalue weighted by Gasteiger charge is 2.22. The lowest BCUT2D eigenvalue weighted by Gasteiger charge is -2.11. The topological polar surface area (TPSA) is 52.8 Å². The summed E-state index contributed by atoms with van der Waals surface area (Å²) in [7, 11) is 0. The van der Waals surface area contributed by atoms with Gasteiger partial charge in [-0.25, -0.2) is 9.97 Å². The van der Waals surface area contributed by atoms with Crippen molar-refractivity contribution in [3.05, 3.63) is 53.8 Å². The van der Waals surface area contributed by atoms with Gasteiger partial charge < -0.3 is 9.30 Å². The molecule has 6 heteroatoms. The summed E-state index contributed by atoms with van der Waals surface area (Å²) < 4.78 is 7.72. The Morgan fingerprint density at radius 1 is 1.35 bits per heavy atom. The summed E-state index contributed by atoms with van der Waals surface area (Å²) in [4.78, 5) is 13.4. The molecule has 1 saturated heterocycles. The molecule has 0 radical (unpaired) electrons. The lowest BCUT2D eigenvalue weighted by atomic mass is 10.1. The Labute approximate surface area is 139 Å². The molecule has 0 aliphatic carbocycles. The second-order valence-corrected chi connectivity index (χ2v) is 6.53. The molecule has 3 aromatic rings. The summed E-state index contributed by atoms with van der Waals surface area (Å²) in [5, 5.41) is 3.17. The molecule has 3 aromatic heterocycles. The molecule has 0 amide bonds. The van der Waals surface area contributed by atoms with Crippen molar-refractivity contribution < 1.29 is 4.74 Å². The Kier molecular flexibility index (Phi) is 4.17. The first-order valence-electron chi connectivity index (χ1n) is 7.84. The number of rotatable bonds is 5. The second kappa shape index (κ2) is 6.60. The zero-order valence-electron chi connectivity index (χ0n) is 12.8. The first-order valence-corrected chi connectivity index (χ1v) is 8.72. The quantitative estimate of drug-likeness (QED) is 0.723. The molecule has 0 N–H and O–H groups in total. The predicted octanol–water partition coefficient (Wildman–Crippen LogP) is 3.15. The number of hydrogen-bond donors (Lipinski definition) is 0. The standard InChI is InChI=1S/C17H18N4OS/c1-2-13(10-18-5-1)17-20-15(12-23-17)3-7-21-8-6-19-16(21)14-4-9-22-11-14/h1-2,5-6,8,10,12,14H,3-4,7,9,11H2/t14-/m1/s1.